The van der Waals surface area contributed by atoms with Gasteiger partial charge in [-0.3, -0.25) is 4.79 Å². The SMILES string of the molecule is COCCN(CC(C)C)S(=O)(=O)N1CCC(C(=O)O)CC1. The molecule has 1 heterocycles. The van der Waals surface area contributed by atoms with Crippen LogP contribution in [-0.4, -0.2) is 68.0 Å². The molecule has 8 heteroatoms. The molecule has 1 fully saturated rings. The fourth-order valence-electron chi connectivity index (χ4n) is 2.40. The van der Waals surface area contributed by atoms with Crippen molar-refractivity contribution < 1.29 is 23.1 Å². The number of ether oxygens (including phenoxy) is 1. The molecule has 0 amide bonds. The second-order valence-corrected chi connectivity index (χ2v) is 7.69. The first kappa shape index (κ1) is 18.3. The largest absolute Gasteiger partial charge is 0.481 e. The second kappa shape index (κ2) is 8.07. The van der Waals surface area contributed by atoms with Crippen LogP contribution in [0, 0.1) is 11.8 Å². The quantitative estimate of drug-likeness (QED) is 0.708. The van der Waals surface area contributed by atoms with Crippen molar-refractivity contribution in [3.8, 4) is 0 Å². The van der Waals surface area contributed by atoms with E-state index in [1.807, 2.05) is 13.8 Å². The van der Waals surface area contributed by atoms with Crippen LogP contribution in [-0.2, 0) is 19.7 Å². The van der Waals surface area contributed by atoms with Gasteiger partial charge in [0.05, 0.1) is 12.5 Å². The summed E-state index contributed by atoms with van der Waals surface area (Å²) in [5, 5.41) is 8.98. The highest BCUT2D eigenvalue weighted by Crippen LogP contribution is 2.22. The predicted octanol–water partition coefficient (Wildman–Crippen LogP) is 0.632. The smallest absolute Gasteiger partial charge is 0.306 e. The Morgan fingerprint density at radius 1 is 1.38 bits per heavy atom. The van der Waals surface area contributed by atoms with Crippen LogP contribution in [0.5, 0.6) is 0 Å². The molecule has 124 valence electrons. The third-order valence-corrected chi connectivity index (χ3v) is 5.57. The molecular weight excluding hydrogens is 296 g/mol. The molecule has 0 saturated carbocycles. The average Bonchev–Trinajstić information content (AvgIpc) is 2.43. The number of aliphatic carboxylic acids is 1. The van der Waals surface area contributed by atoms with Crippen LogP contribution in [0.15, 0.2) is 0 Å². The first-order chi connectivity index (χ1) is 9.78. The van der Waals surface area contributed by atoms with Crippen LogP contribution in [0.25, 0.3) is 0 Å². The van der Waals surface area contributed by atoms with Gasteiger partial charge < -0.3 is 9.84 Å². The van der Waals surface area contributed by atoms with Gasteiger partial charge in [0, 0.05) is 33.3 Å². The van der Waals surface area contributed by atoms with Crippen molar-refractivity contribution in [1.29, 1.82) is 0 Å². The van der Waals surface area contributed by atoms with Gasteiger partial charge in [-0.25, -0.2) is 0 Å². The lowest BCUT2D eigenvalue weighted by atomic mass is 9.99. The molecule has 7 nitrogen and oxygen atoms in total. The molecule has 1 N–H and O–H groups in total. The van der Waals surface area contributed by atoms with Gasteiger partial charge >= 0.3 is 5.97 Å². The topological polar surface area (TPSA) is 87.2 Å². The number of rotatable bonds is 8. The van der Waals surface area contributed by atoms with Crippen molar-refractivity contribution in [2.24, 2.45) is 11.8 Å². The maximum atomic E-state index is 12.7. The predicted molar refractivity (Wildman–Crippen MR) is 79.1 cm³/mol. The number of carbonyl (C=O) groups is 1. The van der Waals surface area contributed by atoms with E-state index in [-0.39, 0.29) is 19.0 Å². The second-order valence-electron chi connectivity index (χ2n) is 5.76. The van der Waals surface area contributed by atoms with E-state index in [1.54, 1.807) is 7.11 Å². The van der Waals surface area contributed by atoms with E-state index in [2.05, 4.69) is 0 Å². The Morgan fingerprint density at radius 3 is 2.38 bits per heavy atom. The van der Waals surface area contributed by atoms with Crippen molar-refractivity contribution in [3.05, 3.63) is 0 Å². The normalized spacial score (nSPS) is 18.5. The van der Waals surface area contributed by atoms with E-state index >= 15 is 0 Å². The lowest BCUT2D eigenvalue weighted by Crippen LogP contribution is -2.49. The zero-order valence-corrected chi connectivity index (χ0v) is 13.8. The minimum absolute atomic E-state index is 0.216. The Morgan fingerprint density at radius 2 is 1.95 bits per heavy atom. The zero-order valence-electron chi connectivity index (χ0n) is 13.0. The molecule has 0 atom stereocenters. The highest BCUT2D eigenvalue weighted by atomic mass is 32.2. The van der Waals surface area contributed by atoms with Crippen LogP contribution in [0.1, 0.15) is 26.7 Å². The van der Waals surface area contributed by atoms with E-state index in [1.165, 1.54) is 8.61 Å². The van der Waals surface area contributed by atoms with Gasteiger partial charge in [-0.05, 0) is 18.8 Å². The molecule has 1 saturated heterocycles. The number of hydrogen-bond donors (Lipinski definition) is 1. The number of hydrogen-bond acceptors (Lipinski definition) is 4. The van der Waals surface area contributed by atoms with Crippen LogP contribution >= 0.6 is 0 Å². The molecule has 0 bridgehead atoms. The Kier molecular flexibility index (Phi) is 7.05. The third kappa shape index (κ3) is 5.21. The molecule has 21 heavy (non-hydrogen) atoms. The lowest BCUT2D eigenvalue weighted by Gasteiger charge is -2.34. The van der Waals surface area contributed by atoms with Gasteiger partial charge in [-0.2, -0.15) is 17.0 Å². The van der Waals surface area contributed by atoms with Gasteiger partial charge in [0.25, 0.3) is 10.2 Å². The summed E-state index contributed by atoms with van der Waals surface area (Å²) in [5.41, 5.74) is 0. The Hall–Kier alpha value is -0.700. The summed E-state index contributed by atoms with van der Waals surface area (Å²) in [5.74, 6) is -1.06. The summed E-state index contributed by atoms with van der Waals surface area (Å²) in [7, 11) is -2.01. The minimum atomic E-state index is -3.55. The Balaban J connectivity index is 2.74. The summed E-state index contributed by atoms with van der Waals surface area (Å²) in [6.07, 6.45) is 0.739. The molecular formula is C13H26N2O5S. The molecule has 0 radical (unpaired) electrons. The van der Waals surface area contributed by atoms with E-state index in [9.17, 15) is 13.2 Å². The number of carboxylic acids is 1. The van der Waals surface area contributed by atoms with Crippen molar-refractivity contribution >= 4 is 16.2 Å². The van der Waals surface area contributed by atoms with E-state index in [4.69, 9.17) is 9.84 Å². The van der Waals surface area contributed by atoms with Crippen molar-refractivity contribution in [1.82, 2.24) is 8.61 Å². The number of methoxy groups -OCH3 is 1. The maximum Gasteiger partial charge on any atom is 0.306 e. The van der Waals surface area contributed by atoms with Crippen molar-refractivity contribution in [2.75, 3.05) is 39.9 Å². The van der Waals surface area contributed by atoms with E-state index in [0.29, 0.717) is 32.5 Å². The summed E-state index contributed by atoms with van der Waals surface area (Å²) < 4.78 is 33.1. The monoisotopic (exact) mass is 322 g/mol. The summed E-state index contributed by atoms with van der Waals surface area (Å²) in [4.78, 5) is 10.9. The molecule has 1 rings (SSSR count). The first-order valence-corrected chi connectivity index (χ1v) is 8.65. The molecule has 0 aromatic rings. The van der Waals surface area contributed by atoms with E-state index < -0.39 is 22.1 Å². The summed E-state index contributed by atoms with van der Waals surface area (Å²) >= 11 is 0. The summed E-state index contributed by atoms with van der Waals surface area (Å²) in [6, 6.07) is 0. The number of nitrogens with zero attached hydrogens (tertiary/aromatic N) is 2. The maximum absolute atomic E-state index is 12.7. The standard InChI is InChI=1S/C13H26N2O5S/c1-11(2)10-15(8-9-20-3)21(18,19)14-6-4-12(5-7-14)13(16)17/h11-12H,4-10H2,1-3H3,(H,16,17). The molecule has 1 aliphatic heterocycles. The molecule has 0 spiro atoms. The molecule has 0 aromatic heterocycles. The minimum Gasteiger partial charge on any atom is -0.481 e. The Bertz CT molecular complexity index is 430. The lowest BCUT2D eigenvalue weighted by molar-refractivity contribution is -0.142. The van der Waals surface area contributed by atoms with Crippen molar-refractivity contribution in [3.63, 3.8) is 0 Å². The fourth-order valence-corrected chi connectivity index (χ4v) is 4.19. The highest BCUT2D eigenvalue weighted by Gasteiger charge is 2.34. The van der Waals surface area contributed by atoms with Crippen LogP contribution in [0.2, 0.25) is 0 Å². The molecule has 0 aliphatic carbocycles. The average molecular weight is 322 g/mol. The van der Waals surface area contributed by atoms with Crippen LogP contribution < -0.4 is 0 Å². The van der Waals surface area contributed by atoms with E-state index in [0.717, 1.165) is 0 Å². The van der Waals surface area contributed by atoms with Gasteiger partial charge in [-0.15, -0.1) is 0 Å². The zero-order chi connectivity index (χ0) is 16.0. The van der Waals surface area contributed by atoms with Gasteiger partial charge in [-0.1, -0.05) is 13.8 Å². The molecule has 1 aliphatic rings. The van der Waals surface area contributed by atoms with Crippen LogP contribution in [0.3, 0.4) is 0 Å². The molecule has 0 unspecified atom stereocenters. The van der Waals surface area contributed by atoms with Crippen LogP contribution in [0.4, 0.5) is 0 Å². The molecule has 0 aromatic carbocycles. The summed E-state index contributed by atoms with van der Waals surface area (Å²) in [6.45, 7) is 5.55. The third-order valence-electron chi connectivity index (χ3n) is 3.57. The number of carboxylic acid groups (broad SMARTS) is 1. The van der Waals surface area contributed by atoms with Gasteiger partial charge in [0.2, 0.25) is 0 Å². The van der Waals surface area contributed by atoms with Gasteiger partial charge in [0.15, 0.2) is 0 Å². The highest BCUT2D eigenvalue weighted by molar-refractivity contribution is 7.86. The fraction of sp³-hybridized carbons (Fsp3) is 0.923. The van der Waals surface area contributed by atoms with Crippen molar-refractivity contribution in [2.45, 2.75) is 26.7 Å². The Labute approximate surface area is 127 Å². The number of piperidine rings is 1. The first-order valence-electron chi connectivity index (χ1n) is 7.26. The van der Waals surface area contributed by atoms with Gasteiger partial charge in [0.1, 0.15) is 0 Å².